The van der Waals surface area contributed by atoms with Gasteiger partial charge in [-0.25, -0.2) is 8.42 Å². The molecule has 2 atom stereocenters. The lowest BCUT2D eigenvalue weighted by atomic mass is 10.2. The second kappa shape index (κ2) is 7.96. The number of fused-ring (bicyclic) bond motifs is 1. The van der Waals surface area contributed by atoms with Gasteiger partial charge in [0.15, 0.2) is 0 Å². The van der Waals surface area contributed by atoms with Crippen molar-refractivity contribution in [3.8, 4) is 5.88 Å². The van der Waals surface area contributed by atoms with Gasteiger partial charge in [-0.3, -0.25) is 4.90 Å². The number of halogens is 3. The number of rotatable bonds is 5. The fraction of sp³-hybridized carbons (Fsp3) is 0.524. The van der Waals surface area contributed by atoms with Crippen LogP contribution in [0, 0.1) is 0 Å². The first-order valence-corrected chi connectivity index (χ1v) is 12.1. The van der Waals surface area contributed by atoms with Crippen molar-refractivity contribution in [2.24, 2.45) is 0 Å². The average molecular weight is 469 g/mol. The third kappa shape index (κ3) is 4.33. The molecular weight excluding hydrogens is 445 g/mol. The summed E-state index contributed by atoms with van der Waals surface area (Å²) in [5, 5.41) is 8.39. The lowest BCUT2D eigenvalue weighted by Crippen LogP contribution is -2.51. The summed E-state index contributed by atoms with van der Waals surface area (Å²) >= 11 is 0. The van der Waals surface area contributed by atoms with Crippen LogP contribution in [0.15, 0.2) is 41.3 Å². The minimum atomic E-state index is -4.50. The van der Waals surface area contributed by atoms with Gasteiger partial charge in [0.25, 0.3) is 0 Å². The van der Waals surface area contributed by atoms with E-state index in [0.29, 0.717) is 31.3 Å². The number of hydrogen-bond donors (Lipinski definition) is 0. The standard InChI is InChI=1S/C21H23F3N4O3S/c22-21(23,24)15-3-5-18(6-4-15)32(29,30)28-10-9-27-13-17(11-16(27)12-28)31-20-8-7-19(25-26-20)14-1-2-14/h3-8,14,16-17H,1-2,9-13H2/t16-,17-/m0/s1. The molecule has 172 valence electrons. The van der Waals surface area contributed by atoms with Crippen LogP contribution in [-0.4, -0.2) is 66.1 Å². The average Bonchev–Trinajstić information content (AvgIpc) is 3.53. The van der Waals surface area contributed by atoms with E-state index in [2.05, 4.69) is 15.1 Å². The molecule has 1 saturated carbocycles. The van der Waals surface area contributed by atoms with Gasteiger partial charge in [0.2, 0.25) is 15.9 Å². The normalized spacial score (nSPS) is 25.0. The van der Waals surface area contributed by atoms with E-state index in [1.807, 2.05) is 12.1 Å². The zero-order chi connectivity index (χ0) is 22.5. The highest BCUT2D eigenvalue weighted by Gasteiger charge is 2.41. The Kier molecular flexibility index (Phi) is 5.37. The maximum absolute atomic E-state index is 13.0. The van der Waals surface area contributed by atoms with Crippen LogP contribution in [0.5, 0.6) is 5.88 Å². The van der Waals surface area contributed by atoms with E-state index in [4.69, 9.17) is 4.74 Å². The van der Waals surface area contributed by atoms with E-state index in [-0.39, 0.29) is 30.1 Å². The topological polar surface area (TPSA) is 75.6 Å². The van der Waals surface area contributed by atoms with Gasteiger partial charge in [-0.05, 0) is 43.2 Å². The first kappa shape index (κ1) is 21.6. The highest BCUT2D eigenvalue weighted by Crippen LogP contribution is 2.39. The Morgan fingerprint density at radius 1 is 0.969 bits per heavy atom. The Balaban J connectivity index is 1.22. The molecule has 1 aromatic carbocycles. The summed E-state index contributed by atoms with van der Waals surface area (Å²) < 4.78 is 71.6. The number of aromatic nitrogens is 2. The fourth-order valence-electron chi connectivity index (χ4n) is 4.40. The molecule has 0 unspecified atom stereocenters. The largest absolute Gasteiger partial charge is 0.472 e. The summed E-state index contributed by atoms with van der Waals surface area (Å²) in [6, 6.07) is 7.41. The smallest absolute Gasteiger partial charge is 0.416 e. The fourth-order valence-corrected chi connectivity index (χ4v) is 5.87. The van der Waals surface area contributed by atoms with Gasteiger partial charge in [0, 0.05) is 50.6 Å². The molecule has 2 aliphatic heterocycles. The Morgan fingerprint density at radius 3 is 2.34 bits per heavy atom. The molecule has 0 bridgehead atoms. The predicted octanol–water partition coefficient (Wildman–Crippen LogP) is 2.90. The number of piperazine rings is 1. The van der Waals surface area contributed by atoms with Crippen molar-refractivity contribution in [3.63, 3.8) is 0 Å². The molecule has 5 rings (SSSR count). The first-order chi connectivity index (χ1) is 15.2. The lowest BCUT2D eigenvalue weighted by molar-refractivity contribution is -0.137. The van der Waals surface area contributed by atoms with Gasteiger partial charge < -0.3 is 4.74 Å². The summed E-state index contributed by atoms with van der Waals surface area (Å²) in [5.41, 5.74) is 0.121. The van der Waals surface area contributed by atoms with Crippen LogP contribution in [0.4, 0.5) is 13.2 Å². The van der Waals surface area contributed by atoms with E-state index in [1.165, 1.54) is 4.31 Å². The summed E-state index contributed by atoms with van der Waals surface area (Å²) in [6.07, 6.45) is -1.67. The molecule has 11 heteroatoms. The number of ether oxygens (including phenoxy) is 1. The molecule has 7 nitrogen and oxygen atoms in total. The predicted molar refractivity (Wildman–Crippen MR) is 109 cm³/mol. The zero-order valence-corrected chi connectivity index (χ0v) is 18.0. The van der Waals surface area contributed by atoms with Gasteiger partial charge in [0.05, 0.1) is 16.2 Å². The molecule has 1 aliphatic carbocycles. The number of sulfonamides is 1. The summed E-state index contributed by atoms with van der Waals surface area (Å²) in [5.74, 6) is 0.989. The van der Waals surface area contributed by atoms with Crippen LogP contribution in [0.25, 0.3) is 0 Å². The maximum atomic E-state index is 13.0. The molecule has 2 saturated heterocycles. The van der Waals surface area contributed by atoms with E-state index in [9.17, 15) is 21.6 Å². The van der Waals surface area contributed by atoms with Crippen LogP contribution >= 0.6 is 0 Å². The van der Waals surface area contributed by atoms with Crippen LogP contribution in [-0.2, 0) is 16.2 Å². The highest BCUT2D eigenvalue weighted by molar-refractivity contribution is 7.89. The maximum Gasteiger partial charge on any atom is 0.416 e. The van der Waals surface area contributed by atoms with E-state index in [1.54, 1.807) is 0 Å². The third-order valence-corrected chi connectivity index (χ3v) is 8.18. The first-order valence-electron chi connectivity index (χ1n) is 10.6. The number of nitrogens with zero attached hydrogens (tertiary/aromatic N) is 4. The molecule has 3 heterocycles. The van der Waals surface area contributed by atoms with E-state index < -0.39 is 21.8 Å². The van der Waals surface area contributed by atoms with Crippen molar-refractivity contribution in [2.45, 2.75) is 48.4 Å². The second-order valence-electron chi connectivity index (χ2n) is 8.58. The second-order valence-corrected chi connectivity index (χ2v) is 10.5. The molecular formula is C21H23F3N4O3S. The van der Waals surface area contributed by atoms with Gasteiger partial charge in [-0.2, -0.15) is 22.6 Å². The number of hydrogen-bond acceptors (Lipinski definition) is 6. The summed E-state index contributed by atoms with van der Waals surface area (Å²) in [4.78, 5) is 2.06. The van der Waals surface area contributed by atoms with Gasteiger partial charge >= 0.3 is 6.18 Å². The quantitative estimate of drug-likeness (QED) is 0.672. The molecule has 1 aromatic heterocycles. The number of alkyl halides is 3. The molecule has 0 amide bonds. The Bertz CT molecular complexity index is 1070. The van der Waals surface area contributed by atoms with Crippen molar-refractivity contribution >= 4 is 10.0 Å². The van der Waals surface area contributed by atoms with Crippen molar-refractivity contribution in [1.29, 1.82) is 0 Å². The van der Waals surface area contributed by atoms with Crippen LogP contribution in [0.3, 0.4) is 0 Å². The Labute approximate surface area is 184 Å². The molecule has 2 aromatic rings. The van der Waals surface area contributed by atoms with Crippen molar-refractivity contribution in [1.82, 2.24) is 19.4 Å². The Hall–Kier alpha value is -2.24. The minimum absolute atomic E-state index is 0.0170. The molecule has 3 aliphatic rings. The summed E-state index contributed by atoms with van der Waals surface area (Å²) in [6.45, 7) is 1.76. The van der Waals surface area contributed by atoms with Crippen LogP contribution < -0.4 is 4.74 Å². The van der Waals surface area contributed by atoms with E-state index >= 15 is 0 Å². The molecule has 0 N–H and O–H groups in total. The van der Waals surface area contributed by atoms with Crippen molar-refractivity contribution < 1.29 is 26.3 Å². The van der Waals surface area contributed by atoms with E-state index in [0.717, 1.165) is 42.8 Å². The summed E-state index contributed by atoms with van der Waals surface area (Å²) in [7, 11) is -3.87. The van der Waals surface area contributed by atoms with Crippen molar-refractivity contribution in [2.75, 3.05) is 26.2 Å². The van der Waals surface area contributed by atoms with Crippen molar-refractivity contribution in [3.05, 3.63) is 47.7 Å². The Morgan fingerprint density at radius 2 is 1.72 bits per heavy atom. The molecule has 0 spiro atoms. The van der Waals surface area contributed by atoms with Crippen LogP contribution in [0.2, 0.25) is 0 Å². The number of benzene rings is 1. The molecule has 0 radical (unpaired) electrons. The van der Waals surface area contributed by atoms with Gasteiger partial charge in [-0.1, -0.05) is 0 Å². The lowest BCUT2D eigenvalue weighted by Gasteiger charge is -2.36. The SMILES string of the molecule is O=S(=O)(c1ccc(C(F)(F)F)cc1)N1CCN2C[C@@H](Oc3ccc(C4CC4)nn3)C[C@H]2C1. The zero-order valence-electron chi connectivity index (χ0n) is 17.2. The van der Waals surface area contributed by atoms with Gasteiger partial charge in [-0.15, -0.1) is 5.10 Å². The monoisotopic (exact) mass is 468 g/mol. The molecule has 3 fully saturated rings. The molecule has 32 heavy (non-hydrogen) atoms. The van der Waals surface area contributed by atoms with Crippen LogP contribution in [0.1, 0.15) is 36.4 Å². The minimum Gasteiger partial charge on any atom is -0.472 e. The highest BCUT2D eigenvalue weighted by atomic mass is 32.2. The van der Waals surface area contributed by atoms with Gasteiger partial charge in [0.1, 0.15) is 6.10 Å². The third-order valence-electron chi connectivity index (χ3n) is 6.30.